The minimum atomic E-state index is -0.596. The highest BCUT2D eigenvalue weighted by Crippen LogP contribution is 2.29. The number of fused-ring (bicyclic) bond motifs is 2. The molecule has 0 radical (unpaired) electrons. The Morgan fingerprint density at radius 2 is 1.90 bits per heavy atom. The second kappa shape index (κ2) is 7.65. The first-order valence-corrected chi connectivity index (χ1v) is 10.2. The molecule has 3 N–H and O–H groups in total. The van der Waals surface area contributed by atoms with Gasteiger partial charge < -0.3 is 14.7 Å². The van der Waals surface area contributed by atoms with Gasteiger partial charge in [0.1, 0.15) is 6.04 Å². The number of aromatic amines is 2. The summed E-state index contributed by atoms with van der Waals surface area (Å²) in [7, 11) is 0. The van der Waals surface area contributed by atoms with Crippen LogP contribution in [0.3, 0.4) is 0 Å². The van der Waals surface area contributed by atoms with E-state index < -0.39 is 11.8 Å². The number of anilines is 1. The standard InChI is InChI=1S/C25H21N3O3/c1-2-15-9-6-10-18-19(14-26-22(15)18)24(29)23(16-7-4-3-5-8-16)27-17-11-12-21-20(13-17)28-25(30)31-21/h3-14,23,26-27H,2H2,1H3,(H,28,30). The van der Waals surface area contributed by atoms with Gasteiger partial charge in [-0.05, 0) is 35.7 Å². The Morgan fingerprint density at radius 1 is 1.06 bits per heavy atom. The normalized spacial score (nSPS) is 12.3. The molecule has 5 rings (SSSR count). The van der Waals surface area contributed by atoms with Crippen molar-refractivity contribution in [2.45, 2.75) is 19.4 Å². The molecule has 0 spiro atoms. The molecular weight excluding hydrogens is 390 g/mol. The number of ketones is 1. The van der Waals surface area contributed by atoms with Crippen molar-refractivity contribution >= 4 is 33.5 Å². The molecule has 3 aromatic carbocycles. The van der Waals surface area contributed by atoms with Gasteiger partial charge in [-0.25, -0.2) is 4.79 Å². The fourth-order valence-electron chi connectivity index (χ4n) is 4.03. The molecule has 0 saturated heterocycles. The summed E-state index contributed by atoms with van der Waals surface area (Å²) in [5.41, 5.74) is 5.43. The number of H-pyrrole nitrogens is 2. The lowest BCUT2D eigenvalue weighted by molar-refractivity contribution is 0.0971. The highest BCUT2D eigenvalue weighted by molar-refractivity contribution is 6.12. The molecule has 2 heterocycles. The molecule has 0 aliphatic carbocycles. The first-order valence-electron chi connectivity index (χ1n) is 10.2. The van der Waals surface area contributed by atoms with Crippen LogP contribution in [0.2, 0.25) is 0 Å². The summed E-state index contributed by atoms with van der Waals surface area (Å²) < 4.78 is 5.08. The predicted octanol–water partition coefficient (Wildman–Crippen LogP) is 5.20. The van der Waals surface area contributed by atoms with Gasteiger partial charge in [-0.1, -0.05) is 55.5 Å². The monoisotopic (exact) mass is 411 g/mol. The summed E-state index contributed by atoms with van der Waals surface area (Å²) in [6, 6.07) is 20.3. The highest BCUT2D eigenvalue weighted by atomic mass is 16.4. The van der Waals surface area contributed by atoms with Gasteiger partial charge in [0.25, 0.3) is 0 Å². The molecule has 0 aliphatic heterocycles. The summed E-state index contributed by atoms with van der Waals surface area (Å²) in [5.74, 6) is -0.542. The van der Waals surface area contributed by atoms with E-state index in [9.17, 15) is 9.59 Å². The topological polar surface area (TPSA) is 90.9 Å². The molecule has 5 aromatic rings. The Bertz CT molecular complexity index is 1440. The molecule has 1 unspecified atom stereocenters. The van der Waals surface area contributed by atoms with Crippen LogP contribution in [-0.4, -0.2) is 15.8 Å². The summed E-state index contributed by atoms with van der Waals surface area (Å²) in [6.07, 6.45) is 2.68. The van der Waals surface area contributed by atoms with E-state index in [1.807, 2.05) is 42.5 Å². The lowest BCUT2D eigenvalue weighted by Crippen LogP contribution is -2.21. The van der Waals surface area contributed by atoms with Crippen LogP contribution in [0.5, 0.6) is 0 Å². The van der Waals surface area contributed by atoms with Crippen LogP contribution >= 0.6 is 0 Å². The molecule has 0 fully saturated rings. The summed E-state index contributed by atoms with van der Waals surface area (Å²) in [4.78, 5) is 31.2. The van der Waals surface area contributed by atoms with Crippen molar-refractivity contribution in [3.05, 3.63) is 100 Å². The van der Waals surface area contributed by atoms with Gasteiger partial charge in [-0.15, -0.1) is 0 Å². The van der Waals surface area contributed by atoms with Crippen molar-refractivity contribution in [3.8, 4) is 0 Å². The van der Waals surface area contributed by atoms with E-state index >= 15 is 0 Å². The quantitative estimate of drug-likeness (QED) is 0.335. The van der Waals surface area contributed by atoms with Crippen LogP contribution in [0.25, 0.3) is 22.0 Å². The van der Waals surface area contributed by atoms with Crippen LogP contribution in [0, 0.1) is 0 Å². The maximum atomic E-state index is 13.7. The van der Waals surface area contributed by atoms with Gasteiger partial charge in [0.2, 0.25) is 0 Å². The molecule has 2 aromatic heterocycles. The Morgan fingerprint density at radius 3 is 2.71 bits per heavy atom. The number of oxazole rings is 1. The first kappa shape index (κ1) is 18.9. The number of hydrogen-bond donors (Lipinski definition) is 3. The molecular formula is C25H21N3O3. The van der Waals surface area contributed by atoms with Crippen molar-refractivity contribution in [2.24, 2.45) is 0 Å². The summed E-state index contributed by atoms with van der Waals surface area (Å²) in [5, 5.41) is 4.27. The van der Waals surface area contributed by atoms with Gasteiger partial charge in [0, 0.05) is 28.4 Å². The molecule has 154 valence electrons. The van der Waals surface area contributed by atoms with Gasteiger partial charge in [0.05, 0.1) is 5.52 Å². The maximum absolute atomic E-state index is 13.7. The van der Waals surface area contributed by atoms with Crippen molar-refractivity contribution in [1.29, 1.82) is 0 Å². The number of benzene rings is 3. The van der Waals surface area contributed by atoms with E-state index in [-0.39, 0.29) is 5.78 Å². The van der Waals surface area contributed by atoms with E-state index in [0.717, 1.165) is 22.9 Å². The van der Waals surface area contributed by atoms with Gasteiger partial charge >= 0.3 is 5.76 Å². The molecule has 6 nitrogen and oxygen atoms in total. The number of rotatable bonds is 6. The Kier molecular flexibility index (Phi) is 4.67. The molecule has 6 heteroatoms. The number of carbonyl (C=O) groups excluding carboxylic acids is 1. The number of Topliss-reactive ketones (excluding diaryl/α,β-unsaturated/α-hetero) is 1. The number of hydrogen-bond acceptors (Lipinski definition) is 4. The number of para-hydroxylation sites is 1. The van der Waals surface area contributed by atoms with E-state index in [4.69, 9.17) is 4.42 Å². The molecule has 1 atom stereocenters. The average molecular weight is 411 g/mol. The Balaban J connectivity index is 1.58. The van der Waals surface area contributed by atoms with E-state index in [0.29, 0.717) is 22.4 Å². The highest BCUT2D eigenvalue weighted by Gasteiger charge is 2.25. The molecule has 0 bridgehead atoms. The van der Waals surface area contributed by atoms with E-state index in [2.05, 4.69) is 28.3 Å². The number of nitrogens with one attached hydrogen (secondary N) is 3. The predicted molar refractivity (Wildman–Crippen MR) is 122 cm³/mol. The second-order valence-corrected chi connectivity index (χ2v) is 7.47. The van der Waals surface area contributed by atoms with Crippen LogP contribution in [0.15, 0.2) is 82.1 Å². The van der Waals surface area contributed by atoms with E-state index in [1.54, 1.807) is 24.4 Å². The number of aryl methyl sites for hydroxylation is 1. The lowest BCUT2D eigenvalue weighted by atomic mass is 9.96. The van der Waals surface area contributed by atoms with Gasteiger partial charge in [-0.3, -0.25) is 9.78 Å². The Labute approximate surface area is 177 Å². The summed E-state index contributed by atoms with van der Waals surface area (Å²) in [6.45, 7) is 2.10. The third-order valence-corrected chi connectivity index (χ3v) is 5.57. The zero-order chi connectivity index (χ0) is 21.4. The fourth-order valence-corrected chi connectivity index (χ4v) is 4.03. The van der Waals surface area contributed by atoms with E-state index in [1.165, 1.54) is 5.56 Å². The Hall–Kier alpha value is -4.06. The minimum Gasteiger partial charge on any atom is -0.408 e. The fraction of sp³-hybridized carbons (Fsp3) is 0.120. The molecule has 0 amide bonds. The average Bonchev–Trinajstić information content (AvgIpc) is 3.39. The number of aromatic nitrogens is 2. The van der Waals surface area contributed by atoms with Gasteiger partial charge in [0.15, 0.2) is 11.4 Å². The lowest BCUT2D eigenvalue weighted by Gasteiger charge is -2.19. The van der Waals surface area contributed by atoms with Gasteiger partial charge in [-0.2, -0.15) is 0 Å². The SMILES string of the molecule is CCc1cccc2c(C(=O)C(Nc3ccc4oc(=O)[nH]c4c3)c3ccccc3)c[nH]c12. The van der Waals surface area contributed by atoms with Crippen LogP contribution in [0.4, 0.5) is 5.69 Å². The molecule has 0 aliphatic rings. The third kappa shape index (κ3) is 3.42. The molecule has 0 saturated carbocycles. The zero-order valence-electron chi connectivity index (χ0n) is 16.9. The summed E-state index contributed by atoms with van der Waals surface area (Å²) >= 11 is 0. The van der Waals surface area contributed by atoms with Crippen LogP contribution in [0.1, 0.15) is 34.5 Å². The number of carbonyl (C=O) groups is 1. The van der Waals surface area contributed by atoms with Crippen molar-refractivity contribution in [3.63, 3.8) is 0 Å². The third-order valence-electron chi connectivity index (χ3n) is 5.57. The van der Waals surface area contributed by atoms with Crippen molar-refractivity contribution in [2.75, 3.05) is 5.32 Å². The largest absolute Gasteiger partial charge is 0.417 e. The molecule has 31 heavy (non-hydrogen) atoms. The smallest absolute Gasteiger partial charge is 0.408 e. The van der Waals surface area contributed by atoms with Crippen molar-refractivity contribution in [1.82, 2.24) is 9.97 Å². The van der Waals surface area contributed by atoms with Crippen LogP contribution < -0.4 is 11.1 Å². The zero-order valence-corrected chi connectivity index (χ0v) is 16.9. The minimum absolute atomic E-state index is 0.0357. The second-order valence-electron chi connectivity index (χ2n) is 7.47. The van der Waals surface area contributed by atoms with Crippen LogP contribution in [-0.2, 0) is 6.42 Å². The maximum Gasteiger partial charge on any atom is 0.417 e. The first-order chi connectivity index (χ1) is 15.1. The van der Waals surface area contributed by atoms with Crippen molar-refractivity contribution < 1.29 is 9.21 Å².